The van der Waals surface area contributed by atoms with Crippen LogP contribution in [0, 0.1) is 17.2 Å². The molecule has 0 radical (unpaired) electrons. The summed E-state index contributed by atoms with van der Waals surface area (Å²) in [7, 11) is 1.58. The van der Waals surface area contributed by atoms with Gasteiger partial charge in [-0.25, -0.2) is 4.39 Å². The highest BCUT2D eigenvalue weighted by Crippen LogP contribution is 2.27. The van der Waals surface area contributed by atoms with Crippen LogP contribution in [0.15, 0.2) is 0 Å². The zero-order chi connectivity index (χ0) is 21.6. The van der Waals surface area contributed by atoms with E-state index in [0.29, 0.717) is 39.0 Å². The molecule has 2 aliphatic heterocycles. The van der Waals surface area contributed by atoms with Crippen molar-refractivity contribution in [1.82, 2.24) is 14.7 Å². The van der Waals surface area contributed by atoms with Gasteiger partial charge in [-0.05, 0) is 39.2 Å². The highest BCUT2D eigenvalue weighted by Gasteiger charge is 2.41. The van der Waals surface area contributed by atoms with Crippen molar-refractivity contribution in [2.45, 2.75) is 64.2 Å². The molecule has 0 bridgehead atoms. The first kappa shape index (κ1) is 23.6. The Morgan fingerprint density at radius 2 is 2.00 bits per heavy atom. The van der Waals surface area contributed by atoms with Gasteiger partial charge in [-0.2, -0.15) is 5.26 Å². The average Bonchev–Trinajstić information content (AvgIpc) is 3.06. The van der Waals surface area contributed by atoms with E-state index < -0.39 is 17.8 Å². The van der Waals surface area contributed by atoms with Crippen LogP contribution in [0.1, 0.15) is 46.5 Å². The number of carbonyl (C=O) groups is 2. The first-order valence-electron chi connectivity index (χ1n) is 10.6. The van der Waals surface area contributed by atoms with Crippen LogP contribution < -0.4 is 0 Å². The van der Waals surface area contributed by atoms with Crippen LogP contribution in [0.4, 0.5) is 4.39 Å². The number of rotatable bonds is 8. The minimum absolute atomic E-state index is 0.0828. The molecule has 2 heterocycles. The molecule has 2 amide bonds. The molecule has 2 rings (SSSR count). The molecule has 2 fully saturated rings. The van der Waals surface area contributed by atoms with Crippen molar-refractivity contribution in [1.29, 1.82) is 5.26 Å². The fourth-order valence-corrected chi connectivity index (χ4v) is 4.08. The summed E-state index contributed by atoms with van der Waals surface area (Å²) < 4.78 is 19.8. The number of hydrogen-bond acceptors (Lipinski definition) is 5. The summed E-state index contributed by atoms with van der Waals surface area (Å²) in [4.78, 5) is 31.1. The van der Waals surface area contributed by atoms with Crippen molar-refractivity contribution in [3.63, 3.8) is 0 Å². The van der Waals surface area contributed by atoms with Crippen molar-refractivity contribution < 1.29 is 18.7 Å². The molecule has 7 nitrogen and oxygen atoms in total. The normalized spacial score (nSPS) is 24.2. The lowest BCUT2D eigenvalue weighted by molar-refractivity contribution is -0.146. The lowest BCUT2D eigenvalue weighted by Crippen LogP contribution is -2.52. The van der Waals surface area contributed by atoms with Crippen LogP contribution in [0.2, 0.25) is 0 Å². The highest BCUT2D eigenvalue weighted by atomic mass is 19.1. The highest BCUT2D eigenvalue weighted by molar-refractivity contribution is 5.88. The van der Waals surface area contributed by atoms with Crippen LogP contribution in [0.25, 0.3) is 0 Å². The van der Waals surface area contributed by atoms with E-state index in [1.54, 1.807) is 7.05 Å². The molecule has 0 saturated carbocycles. The fourth-order valence-electron chi connectivity index (χ4n) is 4.08. The summed E-state index contributed by atoms with van der Waals surface area (Å²) in [6, 6.07) is 0.771. The van der Waals surface area contributed by atoms with E-state index in [1.807, 2.05) is 6.92 Å². The minimum atomic E-state index is -1.60. The van der Waals surface area contributed by atoms with Gasteiger partial charge in [0.1, 0.15) is 17.8 Å². The average molecular weight is 411 g/mol. The predicted octanol–water partition coefficient (Wildman–Crippen LogP) is 1.82. The lowest BCUT2D eigenvalue weighted by Gasteiger charge is -2.34. The number of amides is 2. The minimum Gasteiger partial charge on any atom is -0.379 e. The maximum absolute atomic E-state index is 14.5. The summed E-state index contributed by atoms with van der Waals surface area (Å²) in [6.45, 7) is 9.25. The number of nitriles is 1. The number of carbonyl (C=O) groups excluding carboxylic acids is 2. The number of morpholine rings is 1. The van der Waals surface area contributed by atoms with E-state index in [9.17, 15) is 19.2 Å². The number of ether oxygens (including phenoxy) is 1. The molecule has 8 heteroatoms. The fraction of sp³-hybridized carbons (Fsp3) is 0.857. The van der Waals surface area contributed by atoms with E-state index in [-0.39, 0.29) is 24.2 Å². The van der Waals surface area contributed by atoms with E-state index in [1.165, 1.54) is 23.6 Å². The summed E-state index contributed by atoms with van der Waals surface area (Å²) in [6.07, 6.45) is 1.53. The topological polar surface area (TPSA) is 76.9 Å². The second-order valence-corrected chi connectivity index (χ2v) is 8.98. The third-order valence-electron chi connectivity index (χ3n) is 5.74. The van der Waals surface area contributed by atoms with E-state index in [0.717, 1.165) is 19.6 Å². The van der Waals surface area contributed by atoms with Gasteiger partial charge >= 0.3 is 0 Å². The molecule has 3 atom stereocenters. The van der Waals surface area contributed by atoms with Crippen LogP contribution in [-0.4, -0.2) is 90.7 Å². The van der Waals surface area contributed by atoms with Gasteiger partial charge in [-0.15, -0.1) is 0 Å². The Morgan fingerprint density at radius 3 is 2.59 bits per heavy atom. The molecule has 0 aromatic rings. The molecule has 164 valence electrons. The molecule has 0 aromatic heterocycles. The third kappa shape index (κ3) is 6.93. The summed E-state index contributed by atoms with van der Waals surface area (Å²) in [5.74, 6) is -0.269. The van der Waals surface area contributed by atoms with Gasteiger partial charge in [0.25, 0.3) is 0 Å². The number of hydrogen-bond donors (Lipinski definition) is 0. The smallest absolute Gasteiger partial charge is 0.246 e. The zero-order valence-corrected chi connectivity index (χ0v) is 18.2. The molecule has 0 aliphatic carbocycles. The van der Waals surface area contributed by atoms with Crippen LogP contribution in [-0.2, 0) is 14.3 Å². The van der Waals surface area contributed by atoms with Gasteiger partial charge in [-0.3, -0.25) is 14.5 Å². The molecular weight excluding hydrogens is 375 g/mol. The standard InChI is InChI=1S/C21H35FN4O3/c1-16-12-17(14-23)26(15-16)20(28)18(13-21(2,3)22)24(4)19(27)6-5-7-25-8-10-29-11-9-25/h16-18H,5-13,15H2,1-4H3. The number of halogens is 1. The number of nitrogens with zero attached hydrogens (tertiary/aromatic N) is 4. The Morgan fingerprint density at radius 1 is 1.34 bits per heavy atom. The first-order valence-corrected chi connectivity index (χ1v) is 10.6. The van der Waals surface area contributed by atoms with Gasteiger partial charge in [-0.1, -0.05) is 6.92 Å². The van der Waals surface area contributed by atoms with Crippen LogP contribution >= 0.6 is 0 Å². The largest absolute Gasteiger partial charge is 0.379 e. The molecule has 2 saturated heterocycles. The molecule has 0 aromatic carbocycles. The van der Waals surface area contributed by atoms with Crippen molar-refractivity contribution in [3.05, 3.63) is 0 Å². The van der Waals surface area contributed by atoms with Crippen molar-refractivity contribution in [2.75, 3.05) is 46.4 Å². The maximum atomic E-state index is 14.5. The van der Waals surface area contributed by atoms with Gasteiger partial charge in [0, 0.05) is 39.5 Å². The Kier molecular flexibility index (Phi) is 8.41. The lowest BCUT2D eigenvalue weighted by atomic mass is 9.98. The summed E-state index contributed by atoms with van der Waals surface area (Å²) in [5.41, 5.74) is -1.60. The Hall–Kier alpha value is -1.72. The molecule has 0 spiro atoms. The van der Waals surface area contributed by atoms with Crippen LogP contribution in [0.3, 0.4) is 0 Å². The SMILES string of the molecule is CC1CC(C#N)N(C(=O)C(CC(C)(C)F)N(C)C(=O)CCCN2CCOCC2)C1. The second kappa shape index (κ2) is 10.4. The van der Waals surface area contributed by atoms with E-state index in [2.05, 4.69) is 11.0 Å². The first-order chi connectivity index (χ1) is 13.6. The molecular formula is C21H35FN4O3. The van der Waals surface area contributed by atoms with Crippen molar-refractivity contribution in [2.24, 2.45) is 5.92 Å². The summed E-state index contributed by atoms with van der Waals surface area (Å²) in [5, 5.41) is 9.39. The monoisotopic (exact) mass is 410 g/mol. The van der Waals surface area contributed by atoms with Crippen LogP contribution in [0.5, 0.6) is 0 Å². The Balaban J connectivity index is 2.00. The third-order valence-corrected chi connectivity index (χ3v) is 5.74. The molecule has 2 aliphatic rings. The van der Waals surface area contributed by atoms with Gasteiger partial charge in [0.05, 0.1) is 19.3 Å². The quantitative estimate of drug-likeness (QED) is 0.610. The van der Waals surface area contributed by atoms with Gasteiger partial charge < -0.3 is 14.5 Å². The van der Waals surface area contributed by atoms with E-state index in [4.69, 9.17) is 4.74 Å². The van der Waals surface area contributed by atoms with Gasteiger partial charge in [0.15, 0.2) is 0 Å². The number of alkyl halides is 1. The molecule has 29 heavy (non-hydrogen) atoms. The van der Waals surface area contributed by atoms with Crippen molar-refractivity contribution >= 4 is 11.8 Å². The predicted molar refractivity (Wildman–Crippen MR) is 108 cm³/mol. The van der Waals surface area contributed by atoms with Crippen molar-refractivity contribution in [3.8, 4) is 6.07 Å². The molecule has 3 unspecified atom stereocenters. The number of likely N-dealkylation sites (N-methyl/N-ethyl adjacent to an activating group) is 1. The number of likely N-dealkylation sites (tertiary alicyclic amines) is 1. The maximum Gasteiger partial charge on any atom is 0.246 e. The second-order valence-electron chi connectivity index (χ2n) is 8.98. The Bertz CT molecular complexity index is 610. The molecule has 0 N–H and O–H groups in total. The zero-order valence-electron chi connectivity index (χ0n) is 18.2. The Labute approximate surface area is 173 Å². The van der Waals surface area contributed by atoms with E-state index >= 15 is 0 Å². The van der Waals surface area contributed by atoms with Gasteiger partial charge in [0.2, 0.25) is 11.8 Å². The summed E-state index contributed by atoms with van der Waals surface area (Å²) >= 11 is 0.